The van der Waals surface area contributed by atoms with Crippen molar-refractivity contribution in [2.75, 3.05) is 6.67 Å². The Morgan fingerprint density at radius 2 is 2.06 bits per heavy atom. The minimum Gasteiger partial charge on any atom is -0.452 e. The van der Waals surface area contributed by atoms with E-state index in [0.717, 1.165) is 24.5 Å². The van der Waals surface area contributed by atoms with Crippen molar-refractivity contribution < 1.29 is 31.5 Å². The number of aromatic nitrogens is 2. The second-order valence-corrected chi connectivity index (χ2v) is 6.68. The van der Waals surface area contributed by atoms with E-state index in [4.69, 9.17) is 5.73 Å². The number of benzene rings is 1. The van der Waals surface area contributed by atoms with Gasteiger partial charge in [0, 0.05) is 24.6 Å². The van der Waals surface area contributed by atoms with Gasteiger partial charge in [-0.3, -0.25) is 9.59 Å². The van der Waals surface area contributed by atoms with Crippen LogP contribution in [0.25, 0.3) is 0 Å². The highest BCUT2D eigenvalue weighted by Gasteiger charge is 2.52. The van der Waals surface area contributed by atoms with E-state index < -0.39 is 59.7 Å². The molecule has 0 amide bonds. The molecule has 3 rings (SSSR count). The van der Waals surface area contributed by atoms with Crippen LogP contribution < -0.4 is 11.3 Å². The number of carbonyl (C=O) groups excluding carboxylic acids is 1. The molecular formula is C19H19F5N4O3. The molecular weight excluding hydrogens is 427 g/mol. The van der Waals surface area contributed by atoms with Crippen LogP contribution in [0.5, 0.6) is 0 Å². The zero-order valence-electron chi connectivity index (χ0n) is 15.2. The number of halogens is 5. The largest absolute Gasteiger partial charge is 0.452 e. The number of alkyl halides is 4. The molecule has 0 saturated carbocycles. The van der Waals surface area contributed by atoms with Crippen molar-refractivity contribution in [2.45, 2.75) is 38.1 Å². The zero-order valence-corrected chi connectivity index (χ0v) is 15.2. The van der Waals surface area contributed by atoms with Gasteiger partial charge in [-0.25, -0.2) is 18.8 Å². The Morgan fingerprint density at radius 1 is 1.35 bits per heavy atom. The number of aromatic amines is 1. The first kappa shape index (κ1) is 24.0. The van der Waals surface area contributed by atoms with E-state index in [2.05, 4.69) is 19.7 Å². The minimum absolute atomic E-state index is 0. The van der Waals surface area contributed by atoms with Crippen LogP contribution in [0.15, 0.2) is 40.4 Å². The molecule has 0 fully saturated rings. The molecule has 1 aliphatic heterocycles. The van der Waals surface area contributed by atoms with Crippen molar-refractivity contribution in [1.29, 1.82) is 0 Å². The molecule has 7 nitrogen and oxygen atoms in total. The van der Waals surface area contributed by atoms with Crippen molar-refractivity contribution >= 4 is 11.8 Å². The lowest BCUT2D eigenvalue weighted by molar-refractivity contribution is -0.209. The minimum atomic E-state index is -4.87. The van der Waals surface area contributed by atoms with Gasteiger partial charge in [0.15, 0.2) is 11.9 Å². The number of hydrogen-bond donors (Lipinski definition) is 2. The fourth-order valence-corrected chi connectivity index (χ4v) is 3.10. The number of nitrogens with two attached hydrogens (primary N) is 1. The highest BCUT2D eigenvalue weighted by Crippen LogP contribution is 2.41. The number of amidine groups is 1. The SMILES string of the molecule is C.NC1=N[C@](CF)(c2cc(CC(=O)c3c[nH]c(=O)cn3)ccc2F)C[C@@H](C(F)(F)F)O1. The molecule has 12 heteroatoms. The van der Waals surface area contributed by atoms with E-state index in [9.17, 15) is 31.5 Å². The van der Waals surface area contributed by atoms with Crippen molar-refractivity contribution in [3.05, 3.63) is 63.6 Å². The van der Waals surface area contributed by atoms with Gasteiger partial charge in [-0.05, 0) is 17.7 Å². The molecule has 2 heterocycles. The maximum Gasteiger partial charge on any atom is 0.425 e. The summed E-state index contributed by atoms with van der Waals surface area (Å²) in [4.78, 5) is 32.9. The zero-order chi connectivity index (χ0) is 22.1. The topological polar surface area (TPSA) is 110 Å². The van der Waals surface area contributed by atoms with Gasteiger partial charge < -0.3 is 15.5 Å². The Bertz CT molecular complexity index is 1030. The number of H-pyrrole nitrogens is 1. The number of nitrogens with zero attached hydrogens (tertiary/aromatic N) is 2. The van der Waals surface area contributed by atoms with Crippen LogP contribution in [0.2, 0.25) is 0 Å². The molecule has 31 heavy (non-hydrogen) atoms. The van der Waals surface area contributed by atoms with E-state index in [1.165, 1.54) is 6.07 Å². The Labute approximate surface area is 173 Å². The van der Waals surface area contributed by atoms with E-state index in [1.54, 1.807) is 0 Å². The van der Waals surface area contributed by atoms with Crippen molar-refractivity contribution in [3.63, 3.8) is 0 Å². The summed E-state index contributed by atoms with van der Waals surface area (Å²) in [6.07, 6.45) is -6.70. The Kier molecular flexibility index (Phi) is 6.82. The second kappa shape index (κ2) is 8.82. The third-order valence-electron chi connectivity index (χ3n) is 4.55. The Hall–Kier alpha value is -3.31. The number of nitrogens with one attached hydrogen (secondary N) is 1. The predicted octanol–water partition coefficient (Wildman–Crippen LogP) is 2.80. The fraction of sp³-hybridized carbons (Fsp3) is 0.368. The summed E-state index contributed by atoms with van der Waals surface area (Å²) >= 11 is 0. The average molecular weight is 446 g/mol. The van der Waals surface area contributed by atoms with Crippen LogP contribution in [0.3, 0.4) is 0 Å². The summed E-state index contributed by atoms with van der Waals surface area (Å²) in [7, 11) is 0. The van der Waals surface area contributed by atoms with Crippen LogP contribution in [0.1, 0.15) is 35.5 Å². The van der Waals surface area contributed by atoms with Crippen LogP contribution in [-0.4, -0.2) is 40.7 Å². The molecule has 0 bridgehead atoms. The smallest absolute Gasteiger partial charge is 0.425 e. The second-order valence-electron chi connectivity index (χ2n) is 6.68. The molecule has 0 unspecified atom stereocenters. The lowest BCUT2D eigenvalue weighted by Crippen LogP contribution is -2.48. The van der Waals surface area contributed by atoms with Crippen LogP contribution >= 0.6 is 0 Å². The molecule has 2 aromatic rings. The highest BCUT2D eigenvalue weighted by molar-refractivity contribution is 5.95. The molecule has 1 aromatic carbocycles. The lowest BCUT2D eigenvalue weighted by Gasteiger charge is -2.36. The van der Waals surface area contributed by atoms with Crippen LogP contribution in [0.4, 0.5) is 22.0 Å². The molecule has 1 aliphatic rings. The number of ether oxygens (including phenoxy) is 1. The third-order valence-corrected chi connectivity index (χ3v) is 4.55. The average Bonchev–Trinajstić information content (AvgIpc) is 2.68. The Morgan fingerprint density at radius 3 is 2.65 bits per heavy atom. The number of aliphatic imine (C=N–C) groups is 1. The van der Waals surface area contributed by atoms with E-state index in [-0.39, 0.29) is 25.1 Å². The van der Waals surface area contributed by atoms with E-state index in [1.807, 2.05) is 0 Å². The van der Waals surface area contributed by atoms with Crippen LogP contribution in [-0.2, 0) is 16.7 Å². The van der Waals surface area contributed by atoms with E-state index >= 15 is 0 Å². The molecule has 2 atom stereocenters. The Balaban J connectivity index is 0.00000341. The summed E-state index contributed by atoms with van der Waals surface area (Å²) in [5.74, 6) is -1.56. The summed E-state index contributed by atoms with van der Waals surface area (Å²) in [5.41, 5.74) is 2.16. The van der Waals surface area contributed by atoms with Gasteiger partial charge in [-0.1, -0.05) is 13.5 Å². The van der Waals surface area contributed by atoms with Crippen molar-refractivity contribution in [1.82, 2.24) is 9.97 Å². The fourth-order valence-electron chi connectivity index (χ4n) is 3.10. The maximum atomic E-state index is 14.5. The molecule has 0 radical (unpaired) electrons. The first-order chi connectivity index (χ1) is 14.0. The first-order valence-corrected chi connectivity index (χ1v) is 8.55. The van der Waals surface area contributed by atoms with Gasteiger partial charge in [0.05, 0.1) is 6.20 Å². The normalized spacial score (nSPS) is 20.9. The van der Waals surface area contributed by atoms with Gasteiger partial charge in [0.25, 0.3) is 11.6 Å². The van der Waals surface area contributed by atoms with Crippen molar-refractivity contribution in [3.8, 4) is 0 Å². The van der Waals surface area contributed by atoms with E-state index in [0.29, 0.717) is 0 Å². The quantitative estimate of drug-likeness (QED) is 0.542. The molecule has 0 saturated heterocycles. The molecule has 3 N–H and O–H groups in total. The first-order valence-electron chi connectivity index (χ1n) is 8.55. The summed E-state index contributed by atoms with van der Waals surface area (Å²) in [5, 5.41) is 0. The highest BCUT2D eigenvalue weighted by atomic mass is 19.4. The lowest BCUT2D eigenvalue weighted by atomic mass is 9.83. The third kappa shape index (κ3) is 5.06. The summed E-state index contributed by atoms with van der Waals surface area (Å²) in [6, 6.07) is 2.27. The molecule has 0 aliphatic carbocycles. The number of rotatable bonds is 5. The van der Waals surface area contributed by atoms with Gasteiger partial charge in [0.1, 0.15) is 23.7 Å². The summed E-state index contributed by atoms with van der Waals surface area (Å²) in [6.45, 7) is -1.47. The van der Waals surface area contributed by atoms with Gasteiger partial charge in [-0.2, -0.15) is 13.2 Å². The van der Waals surface area contributed by atoms with Gasteiger partial charge in [0.2, 0.25) is 0 Å². The van der Waals surface area contributed by atoms with Crippen LogP contribution in [0, 0.1) is 5.82 Å². The molecule has 1 aromatic heterocycles. The van der Waals surface area contributed by atoms with Gasteiger partial charge in [-0.15, -0.1) is 0 Å². The maximum absolute atomic E-state index is 14.5. The summed E-state index contributed by atoms with van der Waals surface area (Å²) < 4.78 is 72.4. The predicted molar refractivity (Wildman–Crippen MR) is 101 cm³/mol. The molecule has 168 valence electrons. The number of carbonyl (C=O) groups is 1. The number of hydrogen-bond acceptors (Lipinski definition) is 6. The van der Waals surface area contributed by atoms with Gasteiger partial charge >= 0.3 is 6.18 Å². The monoisotopic (exact) mass is 446 g/mol. The van der Waals surface area contributed by atoms with Crippen molar-refractivity contribution in [2.24, 2.45) is 10.7 Å². The number of ketones is 1. The molecule has 0 spiro atoms. The standard InChI is InChI=1S/C18H15F5N4O3.CH4/c19-8-17(5-14(18(21,22)23)30-16(24)27-17)10-3-9(1-2-11(10)20)4-13(28)12-6-26-15(29)7-25-12;/h1-3,6-7,14H,4-5,8H2,(H2,24,27)(H,26,29);1H4/t14-,17+;/m0./s1. The number of Topliss-reactive ketones (excluding diaryl/α,β-unsaturated/α-hetero) is 1.